The third-order valence-corrected chi connectivity index (χ3v) is 7.70. The molecule has 198 valence electrons. The number of benzene rings is 2. The van der Waals surface area contributed by atoms with E-state index in [1.807, 2.05) is 0 Å². The molecule has 1 aliphatic heterocycles. The van der Waals surface area contributed by atoms with Gasteiger partial charge < -0.3 is 4.74 Å². The van der Waals surface area contributed by atoms with Crippen molar-refractivity contribution in [2.24, 2.45) is 5.92 Å². The molecule has 13 heteroatoms. The molecule has 2 atom stereocenters. The Bertz CT molecular complexity index is 1500. The number of hydrogen-bond donors (Lipinski definition) is 1. The molecule has 1 spiro atoms. The van der Waals surface area contributed by atoms with Gasteiger partial charge in [0, 0.05) is 6.20 Å². The molecule has 2 aromatic carbocycles. The minimum atomic E-state index is -4.89. The highest BCUT2D eigenvalue weighted by molar-refractivity contribution is 7.91. The summed E-state index contributed by atoms with van der Waals surface area (Å²) in [6, 6.07) is 13.5. The summed E-state index contributed by atoms with van der Waals surface area (Å²) in [5.41, 5.74) is -0.512. The van der Waals surface area contributed by atoms with Gasteiger partial charge in [0.25, 0.3) is 5.91 Å². The van der Waals surface area contributed by atoms with Crippen LogP contribution < -0.4 is 19.3 Å². The van der Waals surface area contributed by atoms with Crippen molar-refractivity contribution in [1.82, 2.24) is 4.98 Å². The highest BCUT2D eigenvalue weighted by atomic mass is 32.2. The first kappa shape index (κ1) is 25.5. The number of carbonyl (C=O) groups excluding carboxylic acids is 2. The smallest absolute Gasteiger partial charge is 0.406 e. The summed E-state index contributed by atoms with van der Waals surface area (Å²) in [5, 5.41) is 0. The van der Waals surface area contributed by atoms with Crippen molar-refractivity contribution in [2.45, 2.75) is 31.0 Å². The van der Waals surface area contributed by atoms with Gasteiger partial charge in [0.2, 0.25) is 10.0 Å². The minimum Gasteiger partial charge on any atom is -0.406 e. The van der Waals surface area contributed by atoms with Gasteiger partial charge in [0.1, 0.15) is 11.3 Å². The van der Waals surface area contributed by atoms with Crippen LogP contribution in [0.15, 0.2) is 73.1 Å². The summed E-state index contributed by atoms with van der Waals surface area (Å²) in [6.45, 7) is 1.78. The molecule has 1 saturated carbocycles. The molecule has 1 saturated heterocycles. The summed E-state index contributed by atoms with van der Waals surface area (Å²) in [4.78, 5) is 33.3. The average molecular weight is 547 g/mol. The molecule has 38 heavy (non-hydrogen) atoms. The number of halogens is 3. The number of amides is 3. The number of nitrogens with one attached hydrogen (secondary N) is 1. The van der Waals surface area contributed by atoms with Gasteiger partial charge in [0.05, 0.1) is 29.0 Å². The van der Waals surface area contributed by atoms with Crippen LogP contribution in [0.3, 0.4) is 0 Å². The third kappa shape index (κ3) is 4.64. The number of carbonyl (C=O) groups is 2. The van der Waals surface area contributed by atoms with Crippen molar-refractivity contribution in [3.05, 3.63) is 78.6 Å². The van der Waals surface area contributed by atoms with Gasteiger partial charge in [0.15, 0.2) is 0 Å². The van der Waals surface area contributed by atoms with E-state index in [4.69, 9.17) is 0 Å². The van der Waals surface area contributed by atoms with E-state index in [0.29, 0.717) is 12.0 Å². The summed E-state index contributed by atoms with van der Waals surface area (Å²) >= 11 is 0. The van der Waals surface area contributed by atoms with E-state index in [2.05, 4.69) is 14.4 Å². The zero-order valence-electron chi connectivity index (χ0n) is 19.8. The van der Waals surface area contributed by atoms with E-state index in [-0.39, 0.29) is 28.7 Å². The van der Waals surface area contributed by atoms with E-state index in [9.17, 15) is 31.2 Å². The van der Waals surface area contributed by atoms with Crippen molar-refractivity contribution in [1.29, 1.82) is 0 Å². The van der Waals surface area contributed by atoms with Crippen LogP contribution in [0.1, 0.15) is 18.9 Å². The topological polar surface area (TPSA) is 109 Å². The van der Waals surface area contributed by atoms with Crippen LogP contribution in [0.5, 0.6) is 5.75 Å². The van der Waals surface area contributed by atoms with E-state index in [0.717, 1.165) is 17.0 Å². The third-order valence-electron chi connectivity index (χ3n) is 6.46. The van der Waals surface area contributed by atoms with Crippen molar-refractivity contribution >= 4 is 39.0 Å². The molecule has 1 aliphatic carbocycles. The van der Waals surface area contributed by atoms with E-state index < -0.39 is 39.6 Å². The molecule has 3 aromatic rings. The maximum atomic E-state index is 13.7. The maximum absolute atomic E-state index is 13.7. The Morgan fingerprint density at radius 3 is 2.34 bits per heavy atom. The summed E-state index contributed by atoms with van der Waals surface area (Å²) in [7, 11) is -3.92. The van der Waals surface area contributed by atoms with Gasteiger partial charge in [-0.1, -0.05) is 37.3 Å². The standard InChI is InChI=1S/C25H21F3N4O5S/c1-16-13-24(16)22(33)31(18-7-9-19(10-8-18)37-25(26,27)28)23(34)32(24)21-11-12-29-14-20(21)30-38(35,36)15-17-5-3-2-4-6-17/h2-12,14,16,30H,13,15H2,1H3. The van der Waals surface area contributed by atoms with Crippen LogP contribution in [0.2, 0.25) is 0 Å². The van der Waals surface area contributed by atoms with Gasteiger partial charge in [-0.05, 0) is 48.2 Å². The molecule has 2 fully saturated rings. The molecule has 2 aliphatic rings. The van der Waals surface area contributed by atoms with Gasteiger partial charge in [-0.2, -0.15) is 0 Å². The highest BCUT2D eigenvalue weighted by Gasteiger charge is 2.71. The van der Waals surface area contributed by atoms with Crippen molar-refractivity contribution in [3.8, 4) is 5.75 Å². The molecular weight excluding hydrogens is 525 g/mol. The molecular formula is C25H21F3N4O5S. The largest absolute Gasteiger partial charge is 0.573 e. The molecule has 1 aromatic heterocycles. The highest BCUT2D eigenvalue weighted by Crippen LogP contribution is 2.56. The second kappa shape index (κ2) is 9.01. The number of imide groups is 1. The Labute approximate surface area is 215 Å². The number of nitrogens with zero attached hydrogens (tertiary/aromatic N) is 3. The lowest BCUT2D eigenvalue weighted by Crippen LogP contribution is -2.39. The summed E-state index contributed by atoms with van der Waals surface area (Å²) < 4.78 is 69.8. The van der Waals surface area contributed by atoms with Gasteiger partial charge in [-0.25, -0.2) is 18.1 Å². The number of urea groups is 1. The number of hydrogen-bond acceptors (Lipinski definition) is 6. The molecule has 2 heterocycles. The number of ether oxygens (including phenoxy) is 1. The van der Waals surface area contributed by atoms with E-state index >= 15 is 0 Å². The molecule has 9 nitrogen and oxygen atoms in total. The summed E-state index contributed by atoms with van der Waals surface area (Å²) in [5.74, 6) is -1.64. The Kier molecular flexibility index (Phi) is 6.05. The lowest BCUT2D eigenvalue weighted by atomic mass is 10.1. The first-order valence-electron chi connectivity index (χ1n) is 11.4. The van der Waals surface area contributed by atoms with Crippen LogP contribution in [-0.4, -0.2) is 37.2 Å². The second-order valence-corrected chi connectivity index (χ2v) is 10.8. The Morgan fingerprint density at radius 1 is 1.08 bits per heavy atom. The molecule has 1 N–H and O–H groups in total. The average Bonchev–Trinajstić information content (AvgIpc) is 3.46. The number of alkyl halides is 3. The lowest BCUT2D eigenvalue weighted by molar-refractivity contribution is -0.274. The molecule has 0 radical (unpaired) electrons. The van der Waals surface area contributed by atoms with Crippen LogP contribution in [0.25, 0.3) is 0 Å². The van der Waals surface area contributed by atoms with Crippen LogP contribution in [0.4, 0.5) is 35.0 Å². The number of pyridine rings is 1. The first-order valence-corrected chi connectivity index (χ1v) is 13.1. The van der Waals surface area contributed by atoms with E-state index in [1.165, 1.54) is 35.5 Å². The summed E-state index contributed by atoms with van der Waals surface area (Å²) in [6.07, 6.45) is -1.95. The molecule has 5 rings (SSSR count). The van der Waals surface area contributed by atoms with Gasteiger partial charge in [-0.15, -0.1) is 13.2 Å². The number of anilines is 3. The Balaban J connectivity index is 1.47. The second-order valence-electron chi connectivity index (χ2n) is 9.07. The predicted octanol–water partition coefficient (Wildman–Crippen LogP) is 4.67. The normalized spacial score (nSPS) is 21.2. The maximum Gasteiger partial charge on any atom is 0.573 e. The zero-order valence-corrected chi connectivity index (χ0v) is 20.7. The van der Waals surface area contributed by atoms with Crippen molar-refractivity contribution in [3.63, 3.8) is 0 Å². The quantitative estimate of drug-likeness (QED) is 0.432. The Morgan fingerprint density at radius 2 is 1.74 bits per heavy atom. The lowest BCUT2D eigenvalue weighted by Gasteiger charge is -2.25. The van der Waals surface area contributed by atoms with Crippen molar-refractivity contribution < 1.29 is 35.9 Å². The fraction of sp³-hybridized carbons (Fsp3) is 0.240. The van der Waals surface area contributed by atoms with E-state index in [1.54, 1.807) is 37.3 Å². The number of rotatable bonds is 7. The van der Waals surface area contributed by atoms with Gasteiger partial charge in [-0.3, -0.25) is 19.4 Å². The zero-order chi connectivity index (χ0) is 27.3. The minimum absolute atomic E-state index is 0.0128. The molecule has 2 unspecified atom stereocenters. The Hall–Kier alpha value is -4.13. The monoisotopic (exact) mass is 546 g/mol. The van der Waals surface area contributed by atoms with Gasteiger partial charge >= 0.3 is 12.4 Å². The van der Waals surface area contributed by atoms with Crippen LogP contribution >= 0.6 is 0 Å². The predicted molar refractivity (Wildman–Crippen MR) is 132 cm³/mol. The number of sulfonamides is 1. The van der Waals surface area contributed by atoms with Crippen molar-refractivity contribution in [2.75, 3.05) is 14.5 Å². The fourth-order valence-electron chi connectivity index (χ4n) is 4.66. The van der Waals surface area contributed by atoms with Crippen LogP contribution in [-0.2, 0) is 20.6 Å². The fourth-order valence-corrected chi connectivity index (χ4v) is 5.86. The molecule has 0 bridgehead atoms. The van der Waals surface area contributed by atoms with Crippen LogP contribution in [0, 0.1) is 5.92 Å². The first-order chi connectivity index (χ1) is 17.9. The number of aromatic nitrogens is 1. The molecule has 3 amide bonds. The SMILES string of the molecule is CC1CC12C(=O)N(c1ccc(OC(F)(F)F)cc1)C(=O)N2c1ccncc1NS(=O)(=O)Cc1ccccc1.